The van der Waals surface area contributed by atoms with Gasteiger partial charge in [-0.25, -0.2) is 17.5 Å². The number of sulfonamides is 1. The normalized spacial score (nSPS) is 14.9. The molecule has 0 spiro atoms. The van der Waals surface area contributed by atoms with Crippen LogP contribution in [0.25, 0.3) is 0 Å². The van der Waals surface area contributed by atoms with Crippen LogP contribution >= 0.6 is 0 Å². The van der Waals surface area contributed by atoms with Gasteiger partial charge in [-0.1, -0.05) is 32.9 Å². The zero-order valence-electron chi connectivity index (χ0n) is 19.2. The first-order valence-corrected chi connectivity index (χ1v) is 12.5. The van der Waals surface area contributed by atoms with Crippen LogP contribution in [0, 0.1) is 11.2 Å². The largest absolute Gasteiger partial charge is 0.490 e. The maximum absolute atomic E-state index is 13.3. The molecule has 0 fully saturated rings. The second-order valence-corrected chi connectivity index (χ2v) is 11.0. The van der Waals surface area contributed by atoms with Crippen molar-refractivity contribution in [3.05, 3.63) is 53.8 Å². The number of benzene rings is 2. The van der Waals surface area contributed by atoms with Gasteiger partial charge in [-0.3, -0.25) is 4.79 Å². The number of ether oxygens (including phenoxy) is 2. The average molecular weight is 479 g/mol. The van der Waals surface area contributed by atoms with E-state index in [9.17, 15) is 17.6 Å². The van der Waals surface area contributed by atoms with Crippen LogP contribution in [0.15, 0.2) is 47.4 Å². The van der Waals surface area contributed by atoms with E-state index in [-0.39, 0.29) is 41.0 Å². The third-order valence-corrected chi connectivity index (χ3v) is 6.56. The van der Waals surface area contributed by atoms with Crippen molar-refractivity contribution < 1.29 is 27.1 Å². The van der Waals surface area contributed by atoms with Crippen molar-refractivity contribution in [3.63, 3.8) is 0 Å². The van der Waals surface area contributed by atoms with E-state index < -0.39 is 10.0 Å². The summed E-state index contributed by atoms with van der Waals surface area (Å²) in [5.74, 6) is 0.257. The first kappa shape index (κ1) is 25.0. The third kappa shape index (κ3) is 7.43. The van der Waals surface area contributed by atoms with Gasteiger partial charge in [-0.15, -0.1) is 0 Å². The molecule has 180 valence electrons. The summed E-state index contributed by atoms with van der Waals surface area (Å²) >= 11 is 0. The Kier molecular flexibility index (Phi) is 7.97. The molecule has 0 saturated carbocycles. The lowest BCUT2D eigenvalue weighted by molar-refractivity contribution is -0.121. The highest BCUT2D eigenvalue weighted by Crippen LogP contribution is 2.32. The molecule has 0 bridgehead atoms. The van der Waals surface area contributed by atoms with E-state index >= 15 is 0 Å². The van der Waals surface area contributed by atoms with Gasteiger partial charge in [-0.2, -0.15) is 0 Å². The SMILES string of the molecule is CC(C)(C)CC(NC(=O)CCNS(=O)(=O)c1ccc2c(c1)OCCCO2)c1ccc(F)cc1. The lowest BCUT2D eigenvalue weighted by Gasteiger charge is -2.27. The molecule has 1 aliphatic rings. The van der Waals surface area contributed by atoms with Crippen LogP contribution in [-0.4, -0.2) is 34.1 Å². The van der Waals surface area contributed by atoms with E-state index in [0.717, 1.165) is 12.0 Å². The van der Waals surface area contributed by atoms with Crippen LogP contribution in [0.4, 0.5) is 4.39 Å². The molecule has 1 heterocycles. The number of fused-ring (bicyclic) bond motifs is 1. The van der Waals surface area contributed by atoms with Crippen molar-refractivity contribution in [1.29, 1.82) is 0 Å². The number of carbonyl (C=O) groups is 1. The zero-order valence-corrected chi connectivity index (χ0v) is 20.0. The minimum atomic E-state index is -3.82. The molecule has 0 radical (unpaired) electrons. The third-order valence-electron chi connectivity index (χ3n) is 5.10. The maximum atomic E-state index is 13.3. The van der Waals surface area contributed by atoms with Crippen molar-refractivity contribution in [1.82, 2.24) is 10.0 Å². The first-order chi connectivity index (χ1) is 15.5. The van der Waals surface area contributed by atoms with Gasteiger partial charge in [0.25, 0.3) is 0 Å². The van der Waals surface area contributed by atoms with Crippen LogP contribution in [0.3, 0.4) is 0 Å². The molecule has 0 aromatic heterocycles. The second-order valence-electron chi connectivity index (χ2n) is 9.24. The molecule has 7 nitrogen and oxygen atoms in total. The Morgan fingerprint density at radius 2 is 1.73 bits per heavy atom. The zero-order chi connectivity index (χ0) is 24.1. The van der Waals surface area contributed by atoms with Crippen LogP contribution in [0.5, 0.6) is 11.5 Å². The van der Waals surface area contributed by atoms with Gasteiger partial charge in [0.15, 0.2) is 11.5 Å². The second kappa shape index (κ2) is 10.5. The quantitative estimate of drug-likeness (QED) is 0.599. The predicted molar refractivity (Wildman–Crippen MR) is 123 cm³/mol. The lowest BCUT2D eigenvalue weighted by Crippen LogP contribution is -2.34. The summed E-state index contributed by atoms with van der Waals surface area (Å²) in [6.45, 7) is 7.07. The summed E-state index contributed by atoms with van der Waals surface area (Å²) in [7, 11) is -3.82. The van der Waals surface area contributed by atoms with E-state index in [1.54, 1.807) is 18.2 Å². The van der Waals surface area contributed by atoms with Crippen molar-refractivity contribution in [3.8, 4) is 11.5 Å². The van der Waals surface area contributed by atoms with E-state index in [4.69, 9.17) is 9.47 Å². The molecule has 0 aliphatic carbocycles. The smallest absolute Gasteiger partial charge is 0.240 e. The minimum absolute atomic E-state index is 0.0361. The van der Waals surface area contributed by atoms with Gasteiger partial charge in [0.05, 0.1) is 24.2 Å². The molecule has 1 amide bonds. The van der Waals surface area contributed by atoms with Crippen molar-refractivity contribution in [2.45, 2.75) is 51.0 Å². The number of hydrogen-bond donors (Lipinski definition) is 2. The molecule has 9 heteroatoms. The molecular weight excluding hydrogens is 447 g/mol. The number of hydrogen-bond acceptors (Lipinski definition) is 5. The van der Waals surface area contributed by atoms with E-state index in [0.29, 0.717) is 31.1 Å². The van der Waals surface area contributed by atoms with Gasteiger partial charge in [0.1, 0.15) is 5.82 Å². The molecule has 1 unspecified atom stereocenters. The molecule has 0 saturated heterocycles. The van der Waals surface area contributed by atoms with Crippen molar-refractivity contribution in [2.75, 3.05) is 19.8 Å². The Hall–Kier alpha value is -2.65. The summed E-state index contributed by atoms with van der Waals surface area (Å²) in [6, 6.07) is 10.2. The number of rotatable bonds is 8. The van der Waals surface area contributed by atoms with Gasteiger partial charge < -0.3 is 14.8 Å². The molecule has 33 heavy (non-hydrogen) atoms. The monoisotopic (exact) mass is 478 g/mol. The Bertz CT molecular complexity index is 1070. The van der Waals surface area contributed by atoms with Gasteiger partial charge in [0.2, 0.25) is 15.9 Å². The minimum Gasteiger partial charge on any atom is -0.490 e. The summed E-state index contributed by atoms with van der Waals surface area (Å²) < 4.78 is 52.2. The highest BCUT2D eigenvalue weighted by Gasteiger charge is 2.23. The predicted octanol–water partition coefficient (Wildman–Crippen LogP) is 3.95. The standard InChI is InChI=1S/C24H31FN2O5S/c1-24(2,3)16-20(17-5-7-18(25)8-6-17)27-23(28)11-12-26-33(29,30)19-9-10-21-22(15-19)32-14-4-13-31-21/h5-10,15,20,26H,4,11-14,16H2,1-3H3,(H,27,28). The van der Waals surface area contributed by atoms with Crippen LogP contribution in [0.1, 0.15) is 51.6 Å². The van der Waals surface area contributed by atoms with Crippen molar-refractivity contribution in [2.24, 2.45) is 5.41 Å². The number of nitrogens with one attached hydrogen (secondary N) is 2. The summed E-state index contributed by atoms with van der Waals surface area (Å²) in [4.78, 5) is 12.6. The fraction of sp³-hybridized carbons (Fsp3) is 0.458. The molecule has 1 atom stereocenters. The lowest BCUT2D eigenvalue weighted by atomic mass is 9.85. The molecule has 3 rings (SSSR count). The van der Waals surface area contributed by atoms with Crippen LogP contribution < -0.4 is 19.5 Å². The highest BCUT2D eigenvalue weighted by molar-refractivity contribution is 7.89. The summed E-state index contributed by atoms with van der Waals surface area (Å²) in [5, 5.41) is 2.95. The molecule has 2 aromatic rings. The number of halogens is 1. The maximum Gasteiger partial charge on any atom is 0.240 e. The fourth-order valence-corrected chi connectivity index (χ4v) is 4.57. The summed E-state index contributed by atoms with van der Waals surface area (Å²) in [6.07, 6.45) is 1.33. The van der Waals surface area contributed by atoms with Crippen molar-refractivity contribution >= 4 is 15.9 Å². The molecular formula is C24H31FN2O5S. The fourth-order valence-electron chi connectivity index (χ4n) is 3.52. The van der Waals surface area contributed by atoms with E-state index in [2.05, 4.69) is 30.8 Å². The van der Waals surface area contributed by atoms with Crippen LogP contribution in [0.2, 0.25) is 0 Å². The number of amides is 1. The molecule has 2 N–H and O–H groups in total. The molecule has 1 aliphatic heterocycles. The van der Waals surface area contributed by atoms with Gasteiger partial charge >= 0.3 is 0 Å². The Morgan fingerprint density at radius 1 is 1.06 bits per heavy atom. The van der Waals surface area contributed by atoms with Gasteiger partial charge in [-0.05, 0) is 41.7 Å². The van der Waals surface area contributed by atoms with E-state index in [1.807, 2.05) is 0 Å². The van der Waals surface area contributed by atoms with Crippen LogP contribution in [-0.2, 0) is 14.8 Å². The Balaban J connectivity index is 1.60. The first-order valence-electron chi connectivity index (χ1n) is 11.0. The number of carbonyl (C=O) groups excluding carboxylic acids is 1. The topological polar surface area (TPSA) is 93.7 Å². The Morgan fingerprint density at radius 3 is 2.39 bits per heavy atom. The Labute approximate surface area is 194 Å². The molecule has 2 aromatic carbocycles. The van der Waals surface area contributed by atoms with E-state index in [1.165, 1.54) is 24.3 Å². The average Bonchev–Trinajstić information content (AvgIpc) is 2.97. The van der Waals surface area contributed by atoms with Gasteiger partial charge in [0, 0.05) is 25.5 Å². The summed E-state index contributed by atoms with van der Waals surface area (Å²) in [5.41, 5.74) is 0.720. The highest BCUT2D eigenvalue weighted by atomic mass is 32.2.